The number of rotatable bonds is 3. The number of H-pyrrole nitrogens is 1. The lowest BCUT2D eigenvalue weighted by Gasteiger charge is -2.03. The fourth-order valence-corrected chi connectivity index (χ4v) is 3.10. The zero-order chi connectivity index (χ0) is 13.1. The van der Waals surface area contributed by atoms with E-state index in [1.54, 1.807) is 0 Å². The minimum atomic E-state index is 0.113. The molecule has 0 radical (unpaired) electrons. The van der Waals surface area contributed by atoms with Gasteiger partial charge in [-0.3, -0.25) is 9.89 Å². The maximum absolute atomic E-state index is 11.7. The molecule has 18 heavy (non-hydrogen) atoms. The molecule has 4 nitrogen and oxygen atoms in total. The molecule has 4 heteroatoms. The highest BCUT2D eigenvalue weighted by Gasteiger charge is 2.65. The molecule has 0 bridgehead atoms. The molecule has 0 atom stereocenters. The Bertz CT molecular complexity index is 483. The molecule has 0 aromatic carbocycles. The van der Waals surface area contributed by atoms with Gasteiger partial charge in [0, 0.05) is 23.6 Å². The van der Waals surface area contributed by atoms with E-state index in [1.807, 2.05) is 6.07 Å². The molecule has 0 saturated heterocycles. The van der Waals surface area contributed by atoms with Crippen LogP contribution in [0.1, 0.15) is 52.1 Å². The summed E-state index contributed by atoms with van der Waals surface area (Å²) in [6.07, 6.45) is 2.04. The number of hydrogen-bond donors (Lipinski definition) is 2. The average molecular weight is 247 g/mol. The zero-order valence-corrected chi connectivity index (χ0v) is 11.5. The van der Waals surface area contributed by atoms with E-state index in [4.69, 9.17) is 0 Å². The van der Waals surface area contributed by atoms with E-state index in [1.165, 1.54) is 0 Å². The predicted molar refractivity (Wildman–Crippen MR) is 70.2 cm³/mol. The standard InChI is InChI=1S/C14H21N3O/c1-13(2)11(14(13,3)4)9-7-10(17-16-9)15-12(18)8-5-6-8/h7-8,11H,5-6H2,1-4H3,(H2,15,16,17,18). The normalized spacial score (nSPS) is 24.9. The van der Waals surface area contributed by atoms with Crippen molar-refractivity contribution in [3.8, 4) is 0 Å². The van der Waals surface area contributed by atoms with E-state index < -0.39 is 0 Å². The fraction of sp³-hybridized carbons (Fsp3) is 0.714. The first-order chi connectivity index (χ1) is 8.34. The summed E-state index contributed by atoms with van der Waals surface area (Å²) in [5, 5.41) is 10.2. The Labute approximate surface area is 108 Å². The molecule has 1 amide bonds. The Morgan fingerprint density at radius 1 is 1.33 bits per heavy atom. The molecule has 3 rings (SSSR count). The zero-order valence-electron chi connectivity index (χ0n) is 11.5. The number of anilines is 1. The molecular formula is C14H21N3O. The summed E-state index contributed by atoms with van der Waals surface area (Å²) in [6.45, 7) is 9.11. The van der Waals surface area contributed by atoms with Crippen molar-refractivity contribution in [2.75, 3.05) is 5.32 Å². The van der Waals surface area contributed by atoms with E-state index in [2.05, 4.69) is 43.2 Å². The summed E-state index contributed by atoms with van der Waals surface area (Å²) >= 11 is 0. The maximum atomic E-state index is 11.7. The van der Waals surface area contributed by atoms with Gasteiger partial charge in [0.2, 0.25) is 5.91 Å². The van der Waals surface area contributed by atoms with Crippen molar-refractivity contribution in [1.82, 2.24) is 10.2 Å². The molecule has 98 valence electrons. The van der Waals surface area contributed by atoms with Gasteiger partial charge < -0.3 is 5.32 Å². The Kier molecular flexibility index (Phi) is 2.20. The number of carbonyl (C=O) groups is 1. The van der Waals surface area contributed by atoms with Gasteiger partial charge in [0.25, 0.3) is 0 Å². The van der Waals surface area contributed by atoms with E-state index in [0.717, 1.165) is 18.5 Å². The van der Waals surface area contributed by atoms with Crippen LogP contribution in [-0.2, 0) is 4.79 Å². The highest BCUT2D eigenvalue weighted by Crippen LogP contribution is 2.73. The first-order valence-electron chi connectivity index (χ1n) is 6.70. The number of nitrogens with zero attached hydrogens (tertiary/aromatic N) is 1. The van der Waals surface area contributed by atoms with Crippen LogP contribution in [0.15, 0.2) is 6.07 Å². The summed E-state index contributed by atoms with van der Waals surface area (Å²) in [6, 6.07) is 1.99. The van der Waals surface area contributed by atoms with Crippen LogP contribution in [0, 0.1) is 16.7 Å². The van der Waals surface area contributed by atoms with Crippen molar-refractivity contribution < 1.29 is 4.79 Å². The second kappa shape index (κ2) is 3.37. The molecule has 2 aliphatic rings. The third kappa shape index (κ3) is 1.58. The van der Waals surface area contributed by atoms with Crippen LogP contribution in [0.25, 0.3) is 0 Å². The Balaban J connectivity index is 1.73. The number of amides is 1. The van der Waals surface area contributed by atoms with Gasteiger partial charge in [-0.25, -0.2) is 0 Å². The topological polar surface area (TPSA) is 57.8 Å². The van der Waals surface area contributed by atoms with Gasteiger partial charge in [-0.15, -0.1) is 0 Å². The van der Waals surface area contributed by atoms with Crippen LogP contribution in [0.2, 0.25) is 0 Å². The molecule has 1 aromatic rings. The average Bonchev–Trinajstić information content (AvgIpc) is 3.10. The van der Waals surface area contributed by atoms with Gasteiger partial charge in [-0.1, -0.05) is 27.7 Å². The lowest BCUT2D eigenvalue weighted by atomic mass is 10.0. The van der Waals surface area contributed by atoms with Gasteiger partial charge in [0.05, 0.1) is 0 Å². The largest absolute Gasteiger partial charge is 0.309 e. The van der Waals surface area contributed by atoms with Crippen LogP contribution in [0.5, 0.6) is 0 Å². The van der Waals surface area contributed by atoms with Crippen LogP contribution in [0.3, 0.4) is 0 Å². The quantitative estimate of drug-likeness (QED) is 0.862. The van der Waals surface area contributed by atoms with Gasteiger partial charge in [0.15, 0.2) is 5.82 Å². The number of aromatic nitrogens is 2. The molecule has 1 heterocycles. The van der Waals surface area contributed by atoms with Crippen LogP contribution >= 0.6 is 0 Å². The molecule has 0 unspecified atom stereocenters. The van der Waals surface area contributed by atoms with E-state index in [0.29, 0.717) is 11.7 Å². The molecule has 2 fully saturated rings. The molecule has 0 spiro atoms. The molecular weight excluding hydrogens is 226 g/mol. The van der Waals surface area contributed by atoms with Crippen molar-refractivity contribution in [3.63, 3.8) is 0 Å². The Hall–Kier alpha value is -1.32. The predicted octanol–water partition coefficient (Wildman–Crippen LogP) is 2.91. The van der Waals surface area contributed by atoms with Gasteiger partial charge in [-0.05, 0) is 23.7 Å². The van der Waals surface area contributed by atoms with Crippen molar-refractivity contribution in [3.05, 3.63) is 11.8 Å². The number of carbonyl (C=O) groups excluding carboxylic acids is 1. The molecule has 2 aliphatic carbocycles. The smallest absolute Gasteiger partial charge is 0.228 e. The van der Waals surface area contributed by atoms with Gasteiger partial charge in [-0.2, -0.15) is 5.10 Å². The first kappa shape index (κ1) is 11.8. The van der Waals surface area contributed by atoms with Crippen molar-refractivity contribution in [1.29, 1.82) is 0 Å². The maximum Gasteiger partial charge on any atom is 0.228 e. The first-order valence-corrected chi connectivity index (χ1v) is 6.70. The second-order valence-electron chi connectivity index (χ2n) is 6.85. The third-order valence-electron chi connectivity index (χ3n) is 5.13. The number of hydrogen-bond acceptors (Lipinski definition) is 2. The van der Waals surface area contributed by atoms with Gasteiger partial charge >= 0.3 is 0 Å². The highest BCUT2D eigenvalue weighted by atomic mass is 16.2. The van der Waals surface area contributed by atoms with E-state index in [-0.39, 0.29) is 22.7 Å². The minimum absolute atomic E-state index is 0.113. The van der Waals surface area contributed by atoms with Crippen molar-refractivity contribution in [2.24, 2.45) is 16.7 Å². The monoisotopic (exact) mass is 247 g/mol. The van der Waals surface area contributed by atoms with Crippen molar-refractivity contribution >= 4 is 11.7 Å². The summed E-state index contributed by atoms with van der Waals surface area (Å²) in [4.78, 5) is 11.7. The highest BCUT2D eigenvalue weighted by molar-refractivity contribution is 5.93. The summed E-state index contributed by atoms with van der Waals surface area (Å²) in [5.74, 6) is 1.49. The molecule has 0 aliphatic heterocycles. The number of aromatic amines is 1. The summed E-state index contributed by atoms with van der Waals surface area (Å²) in [5.41, 5.74) is 1.71. The Morgan fingerprint density at radius 3 is 2.44 bits per heavy atom. The van der Waals surface area contributed by atoms with E-state index in [9.17, 15) is 4.79 Å². The minimum Gasteiger partial charge on any atom is -0.309 e. The Morgan fingerprint density at radius 2 is 1.94 bits per heavy atom. The fourth-order valence-electron chi connectivity index (χ4n) is 3.10. The molecule has 2 N–H and O–H groups in total. The number of nitrogens with one attached hydrogen (secondary N) is 2. The van der Waals surface area contributed by atoms with Crippen molar-refractivity contribution in [2.45, 2.75) is 46.5 Å². The molecule has 1 aromatic heterocycles. The van der Waals surface area contributed by atoms with Gasteiger partial charge in [0.1, 0.15) is 0 Å². The van der Waals surface area contributed by atoms with Crippen LogP contribution in [0.4, 0.5) is 5.82 Å². The van der Waals surface area contributed by atoms with E-state index >= 15 is 0 Å². The summed E-state index contributed by atoms with van der Waals surface area (Å²) in [7, 11) is 0. The van der Waals surface area contributed by atoms with Crippen LogP contribution < -0.4 is 5.32 Å². The SMILES string of the molecule is CC1(C)C(c2cc(NC(=O)C3CC3)n[nH]2)C1(C)C. The second-order valence-corrected chi connectivity index (χ2v) is 6.85. The molecule has 2 saturated carbocycles. The lowest BCUT2D eigenvalue weighted by Crippen LogP contribution is -2.13. The summed E-state index contributed by atoms with van der Waals surface area (Å²) < 4.78 is 0. The van der Waals surface area contributed by atoms with Crippen LogP contribution in [-0.4, -0.2) is 16.1 Å². The third-order valence-corrected chi connectivity index (χ3v) is 5.13. The lowest BCUT2D eigenvalue weighted by molar-refractivity contribution is -0.117.